The fraction of sp³-hybridized carbons (Fsp3) is 0.571. The fourth-order valence-corrected chi connectivity index (χ4v) is 5.04. The molecule has 3 rings (SSSR count). The van der Waals surface area contributed by atoms with E-state index in [0.29, 0.717) is 5.56 Å². The third-order valence-corrected chi connectivity index (χ3v) is 6.68. The largest absolute Gasteiger partial charge is 0.291 e. The highest BCUT2D eigenvalue weighted by atomic mass is 32.2. The van der Waals surface area contributed by atoms with Crippen molar-refractivity contribution in [2.75, 3.05) is 29.5 Å². The molecule has 1 aromatic carbocycles. The first-order chi connectivity index (χ1) is 12.6. The smallest absolute Gasteiger partial charge is 0.127 e. The third kappa shape index (κ3) is 4.06. The van der Waals surface area contributed by atoms with Gasteiger partial charge >= 0.3 is 0 Å². The van der Waals surface area contributed by atoms with Gasteiger partial charge in [-0.1, -0.05) is 26.1 Å². The molecule has 0 bridgehead atoms. The molecule has 0 spiro atoms. The Balaban J connectivity index is 2.11. The summed E-state index contributed by atoms with van der Waals surface area (Å²) in [4.78, 5) is 10.8. The normalized spacial score (nSPS) is 25.0. The summed E-state index contributed by atoms with van der Waals surface area (Å²) in [7, 11) is 0. The molecule has 1 aromatic rings. The van der Waals surface area contributed by atoms with E-state index >= 15 is 0 Å². The van der Waals surface area contributed by atoms with Crippen molar-refractivity contribution in [3.8, 4) is 6.07 Å². The van der Waals surface area contributed by atoms with Crippen LogP contribution in [0.1, 0.15) is 40.2 Å². The van der Waals surface area contributed by atoms with Crippen LogP contribution >= 0.6 is 24.0 Å². The van der Waals surface area contributed by atoms with E-state index in [1.165, 1.54) is 0 Å². The molecule has 2 aliphatic heterocycles. The Bertz CT molecular complexity index is 778. The Morgan fingerprint density at radius 3 is 2.30 bits per heavy atom. The zero-order valence-corrected chi connectivity index (χ0v) is 18.5. The first-order valence-electron chi connectivity index (χ1n) is 9.41. The quantitative estimate of drug-likeness (QED) is 0.691. The van der Waals surface area contributed by atoms with Gasteiger partial charge in [0.15, 0.2) is 0 Å². The minimum atomic E-state index is -0.195. The maximum Gasteiger partial charge on any atom is 0.127 e. The number of hydrogen-bond acceptors (Lipinski definition) is 5. The first-order valence-corrected chi connectivity index (χ1v) is 11.0. The average Bonchev–Trinajstić information content (AvgIpc) is 2.80. The summed E-state index contributed by atoms with van der Waals surface area (Å²) in [6.45, 7) is 13.0. The third-order valence-electron chi connectivity index (χ3n) is 5.03. The van der Waals surface area contributed by atoms with E-state index in [2.05, 4.69) is 50.5 Å². The number of anilines is 1. The van der Waals surface area contributed by atoms with Crippen molar-refractivity contribution in [3.63, 3.8) is 0 Å². The Labute approximate surface area is 172 Å². The number of nitriles is 1. The summed E-state index contributed by atoms with van der Waals surface area (Å²) in [5.41, 5.74) is 1.26. The van der Waals surface area contributed by atoms with E-state index < -0.39 is 0 Å². The number of aliphatic imine (C=N–C) groups is 1. The van der Waals surface area contributed by atoms with Crippen LogP contribution in [0.25, 0.3) is 0 Å². The van der Waals surface area contributed by atoms with Crippen molar-refractivity contribution >= 4 is 40.5 Å². The molecule has 1 atom stereocenters. The maximum absolute atomic E-state index is 9.12. The fourth-order valence-electron chi connectivity index (χ4n) is 3.80. The van der Waals surface area contributed by atoms with Crippen molar-refractivity contribution in [1.82, 2.24) is 4.90 Å². The second-order valence-electron chi connectivity index (χ2n) is 8.71. The van der Waals surface area contributed by atoms with Crippen LogP contribution in [0.5, 0.6) is 0 Å². The van der Waals surface area contributed by atoms with Gasteiger partial charge in [-0.05, 0) is 45.0 Å². The molecule has 0 N–H and O–H groups in total. The lowest BCUT2D eigenvalue weighted by molar-refractivity contribution is 0.201. The van der Waals surface area contributed by atoms with Gasteiger partial charge in [-0.25, -0.2) is 0 Å². The van der Waals surface area contributed by atoms with Crippen LogP contribution in [-0.2, 0) is 0 Å². The molecule has 0 aromatic heterocycles. The van der Waals surface area contributed by atoms with E-state index in [9.17, 15) is 0 Å². The van der Waals surface area contributed by atoms with Gasteiger partial charge in [0.05, 0.1) is 28.2 Å². The number of rotatable bonds is 2. The predicted octanol–water partition coefficient (Wildman–Crippen LogP) is 4.35. The van der Waals surface area contributed by atoms with Crippen LogP contribution in [0.3, 0.4) is 0 Å². The van der Waals surface area contributed by atoms with Crippen molar-refractivity contribution in [3.05, 3.63) is 29.8 Å². The molecule has 6 heteroatoms. The average molecular weight is 401 g/mol. The highest BCUT2D eigenvalue weighted by Crippen LogP contribution is 2.41. The summed E-state index contributed by atoms with van der Waals surface area (Å²) >= 11 is 8.00. The van der Waals surface area contributed by atoms with Gasteiger partial charge < -0.3 is 0 Å². The monoisotopic (exact) mass is 400 g/mol. The number of amidine groups is 1. The number of hydrogen-bond donors (Lipinski definition) is 0. The second-order valence-corrected chi connectivity index (χ2v) is 10.3. The van der Waals surface area contributed by atoms with E-state index in [0.717, 1.165) is 41.1 Å². The molecule has 27 heavy (non-hydrogen) atoms. The van der Waals surface area contributed by atoms with Crippen LogP contribution in [0.2, 0.25) is 0 Å². The zero-order chi connectivity index (χ0) is 19.8. The van der Waals surface area contributed by atoms with Crippen molar-refractivity contribution in [1.29, 1.82) is 5.26 Å². The summed E-state index contributed by atoms with van der Waals surface area (Å²) < 4.78 is 0. The Hall–Kier alpha value is -1.42. The lowest BCUT2D eigenvalue weighted by Crippen LogP contribution is -2.51. The zero-order valence-electron chi connectivity index (χ0n) is 16.8. The molecule has 0 aliphatic carbocycles. The van der Waals surface area contributed by atoms with Crippen LogP contribution in [0, 0.1) is 16.7 Å². The van der Waals surface area contributed by atoms with Gasteiger partial charge in [0.1, 0.15) is 5.84 Å². The van der Waals surface area contributed by atoms with Crippen LogP contribution in [-0.4, -0.2) is 51.9 Å². The minimum Gasteiger partial charge on any atom is -0.291 e. The van der Waals surface area contributed by atoms with Crippen LogP contribution < -0.4 is 4.90 Å². The summed E-state index contributed by atoms with van der Waals surface area (Å²) in [6, 6.07) is 10.0. The molecule has 2 aliphatic rings. The number of thiocarbonyl (C=S) groups is 1. The van der Waals surface area contributed by atoms with Crippen LogP contribution in [0.15, 0.2) is 29.3 Å². The Morgan fingerprint density at radius 2 is 1.78 bits per heavy atom. The molecule has 1 unspecified atom stereocenters. The first kappa shape index (κ1) is 20.3. The van der Waals surface area contributed by atoms with Gasteiger partial charge in [0, 0.05) is 35.7 Å². The van der Waals surface area contributed by atoms with Crippen molar-refractivity contribution < 1.29 is 0 Å². The van der Waals surface area contributed by atoms with Gasteiger partial charge in [0.2, 0.25) is 0 Å². The lowest BCUT2D eigenvalue weighted by Gasteiger charge is -2.38. The molecule has 0 saturated carbocycles. The summed E-state index contributed by atoms with van der Waals surface area (Å²) in [5.74, 6) is 3.34. The molecular formula is C21H28N4S2. The lowest BCUT2D eigenvalue weighted by atomic mass is 9.85. The molecule has 2 heterocycles. The van der Waals surface area contributed by atoms with Gasteiger partial charge in [-0.2, -0.15) is 17.0 Å². The number of thioether (sulfide) groups is 1. The molecule has 144 valence electrons. The van der Waals surface area contributed by atoms with E-state index in [4.69, 9.17) is 22.5 Å². The Kier molecular flexibility index (Phi) is 5.67. The SMILES string of the molecule is CC(C)(C)N=C1C(N2CCSCC2)C(C)(C)C(=S)N1c1ccc(C#N)cc1. The molecule has 0 radical (unpaired) electrons. The number of benzene rings is 1. The molecular weight excluding hydrogens is 372 g/mol. The second kappa shape index (κ2) is 7.54. The van der Waals surface area contributed by atoms with E-state index in [-0.39, 0.29) is 17.0 Å². The van der Waals surface area contributed by atoms with E-state index in [1.807, 2.05) is 36.0 Å². The summed E-state index contributed by atoms with van der Waals surface area (Å²) in [5, 5.41) is 9.12. The molecule has 0 amide bonds. The maximum atomic E-state index is 9.12. The van der Waals surface area contributed by atoms with Gasteiger partial charge in [0.25, 0.3) is 0 Å². The highest BCUT2D eigenvalue weighted by Gasteiger charge is 2.52. The van der Waals surface area contributed by atoms with Gasteiger partial charge in [-0.15, -0.1) is 0 Å². The van der Waals surface area contributed by atoms with Crippen molar-refractivity contribution in [2.24, 2.45) is 10.4 Å². The van der Waals surface area contributed by atoms with Crippen molar-refractivity contribution in [2.45, 2.75) is 46.2 Å². The summed E-state index contributed by atoms with van der Waals surface area (Å²) in [6.07, 6.45) is 0. The standard InChI is InChI=1S/C21H28N4S2/c1-20(2,3)23-18-17(24-10-12-27-13-11-24)21(4,5)19(26)25(18)16-8-6-15(14-22)7-9-16/h6-9,17H,10-13H2,1-5H3. The highest BCUT2D eigenvalue weighted by molar-refractivity contribution is 7.99. The topological polar surface area (TPSA) is 42.6 Å². The Morgan fingerprint density at radius 1 is 1.19 bits per heavy atom. The molecule has 2 fully saturated rings. The molecule has 2 saturated heterocycles. The van der Waals surface area contributed by atoms with Gasteiger partial charge in [-0.3, -0.25) is 14.8 Å². The number of nitrogens with zero attached hydrogens (tertiary/aromatic N) is 4. The van der Waals surface area contributed by atoms with Crippen LogP contribution in [0.4, 0.5) is 5.69 Å². The van der Waals surface area contributed by atoms with E-state index in [1.54, 1.807) is 0 Å². The minimum absolute atomic E-state index is 0.167. The molecule has 4 nitrogen and oxygen atoms in total. The predicted molar refractivity (Wildman–Crippen MR) is 120 cm³/mol.